The second-order valence-electron chi connectivity index (χ2n) is 4.72. The highest BCUT2D eigenvalue weighted by atomic mass is 16.1. The van der Waals surface area contributed by atoms with E-state index in [-0.39, 0.29) is 11.9 Å². The molecule has 0 radical (unpaired) electrons. The standard InChI is InChI=1S/C12H19N5O/c1-8-7-10(16-12(13)15-8)11(18)14-5-6-17(2)9-3-4-9/h7,9H,3-6H2,1-2H3,(H,14,18)(H2,13,15,16). The highest BCUT2D eigenvalue weighted by molar-refractivity contribution is 5.92. The average molecular weight is 249 g/mol. The Labute approximate surface area is 107 Å². The van der Waals surface area contributed by atoms with Crippen molar-refractivity contribution in [2.75, 3.05) is 25.9 Å². The van der Waals surface area contributed by atoms with E-state index in [0.29, 0.717) is 24.0 Å². The molecule has 1 aliphatic carbocycles. The first-order chi connectivity index (χ1) is 8.56. The number of aryl methyl sites for hydroxylation is 1. The summed E-state index contributed by atoms with van der Waals surface area (Å²) < 4.78 is 0. The number of amides is 1. The lowest BCUT2D eigenvalue weighted by molar-refractivity contribution is 0.0944. The molecule has 0 unspecified atom stereocenters. The number of nitrogens with zero attached hydrogens (tertiary/aromatic N) is 3. The maximum Gasteiger partial charge on any atom is 0.270 e. The molecule has 3 N–H and O–H groups in total. The molecule has 0 atom stereocenters. The van der Waals surface area contributed by atoms with Gasteiger partial charge in [-0.1, -0.05) is 0 Å². The summed E-state index contributed by atoms with van der Waals surface area (Å²) in [5, 5.41) is 2.84. The summed E-state index contributed by atoms with van der Waals surface area (Å²) in [6.45, 7) is 3.26. The fourth-order valence-electron chi connectivity index (χ4n) is 1.84. The lowest BCUT2D eigenvalue weighted by Gasteiger charge is -2.15. The zero-order chi connectivity index (χ0) is 13.1. The molecule has 0 spiro atoms. The predicted molar refractivity (Wildman–Crippen MR) is 69.2 cm³/mol. The number of nitrogens with one attached hydrogen (secondary N) is 1. The Balaban J connectivity index is 1.83. The van der Waals surface area contributed by atoms with Crippen LogP contribution < -0.4 is 11.1 Å². The summed E-state index contributed by atoms with van der Waals surface area (Å²) in [5.41, 5.74) is 6.54. The summed E-state index contributed by atoms with van der Waals surface area (Å²) in [7, 11) is 2.08. The molecule has 98 valence electrons. The Kier molecular flexibility index (Phi) is 3.76. The van der Waals surface area contributed by atoms with E-state index in [1.807, 2.05) is 0 Å². The van der Waals surface area contributed by atoms with E-state index in [4.69, 9.17) is 5.73 Å². The highest BCUT2D eigenvalue weighted by Gasteiger charge is 2.25. The number of hydrogen-bond donors (Lipinski definition) is 2. The van der Waals surface area contributed by atoms with Gasteiger partial charge in [0.25, 0.3) is 5.91 Å². The molecular formula is C12H19N5O. The molecule has 6 heteroatoms. The molecule has 0 saturated heterocycles. The van der Waals surface area contributed by atoms with Crippen LogP contribution in [0.25, 0.3) is 0 Å². The van der Waals surface area contributed by atoms with Gasteiger partial charge in [-0.3, -0.25) is 4.79 Å². The van der Waals surface area contributed by atoms with Crippen molar-refractivity contribution in [3.05, 3.63) is 17.5 Å². The van der Waals surface area contributed by atoms with Gasteiger partial charge in [-0.2, -0.15) is 0 Å². The summed E-state index contributed by atoms with van der Waals surface area (Å²) in [4.78, 5) is 22.0. The minimum atomic E-state index is -0.198. The molecule has 0 aromatic carbocycles. The van der Waals surface area contributed by atoms with Gasteiger partial charge in [0, 0.05) is 24.8 Å². The quantitative estimate of drug-likeness (QED) is 0.778. The molecule has 1 aromatic heterocycles. The first-order valence-corrected chi connectivity index (χ1v) is 6.16. The van der Waals surface area contributed by atoms with Crippen molar-refractivity contribution >= 4 is 11.9 Å². The van der Waals surface area contributed by atoms with E-state index in [0.717, 1.165) is 6.54 Å². The summed E-state index contributed by atoms with van der Waals surface area (Å²) >= 11 is 0. The van der Waals surface area contributed by atoms with E-state index >= 15 is 0 Å². The number of carbonyl (C=O) groups is 1. The SMILES string of the molecule is Cc1cc(C(=O)NCCN(C)C2CC2)nc(N)n1. The summed E-state index contributed by atoms with van der Waals surface area (Å²) in [5.74, 6) is -0.0633. The molecule has 0 aliphatic heterocycles. The third-order valence-electron chi connectivity index (χ3n) is 3.02. The van der Waals surface area contributed by atoms with Gasteiger partial charge < -0.3 is 16.0 Å². The molecule has 1 aliphatic rings. The monoisotopic (exact) mass is 249 g/mol. The zero-order valence-electron chi connectivity index (χ0n) is 10.8. The zero-order valence-corrected chi connectivity index (χ0v) is 10.8. The topological polar surface area (TPSA) is 84.1 Å². The van der Waals surface area contributed by atoms with E-state index in [9.17, 15) is 4.79 Å². The number of likely N-dealkylation sites (N-methyl/N-ethyl adjacent to an activating group) is 1. The maximum absolute atomic E-state index is 11.8. The minimum Gasteiger partial charge on any atom is -0.368 e. The van der Waals surface area contributed by atoms with Crippen LogP contribution >= 0.6 is 0 Å². The van der Waals surface area contributed by atoms with E-state index in [2.05, 4.69) is 27.2 Å². The molecule has 1 amide bonds. The second-order valence-corrected chi connectivity index (χ2v) is 4.72. The molecule has 0 bridgehead atoms. The second kappa shape index (κ2) is 5.30. The first-order valence-electron chi connectivity index (χ1n) is 6.16. The van der Waals surface area contributed by atoms with Gasteiger partial charge in [0.05, 0.1) is 0 Å². The van der Waals surface area contributed by atoms with E-state index < -0.39 is 0 Å². The minimum absolute atomic E-state index is 0.134. The van der Waals surface area contributed by atoms with Crippen LogP contribution in [-0.2, 0) is 0 Å². The van der Waals surface area contributed by atoms with Crippen molar-refractivity contribution < 1.29 is 4.79 Å². The van der Waals surface area contributed by atoms with Crippen LogP contribution in [-0.4, -0.2) is 47.0 Å². The summed E-state index contributed by atoms with van der Waals surface area (Å²) in [6.07, 6.45) is 2.54. The van der Waals surface area contributed by atoms with Crippen LogP contribution in [0.3, 0.4) is 0 Å². The van der Waals surface area contributed by atoms with Gasteiger partial charge >= 0.3 is 0 Å². The largest absolute Gasteiger partial charge is 0.368 e. The van der Waals surface area contributed by atoms with Crippen molar-refractivity contribution in [2.45, 2.75) is 25.8 Å². The Morgan fingerprint density at radius 2 is 2.28 bits per heavy atom. The van der Waals surface area contributed by atoms with Crippen molar-refractivity contribution in [3.8, 4) is 0 Å². The number of nitrogen functional groups attached to an aromatic ring is 1. The van der Waals surface area contributed by atoms with Gasteiger partial charge in [0.1, 0.15) is 5.69 Å². The number of nitrogens with two attached hydrogens (primary N) is 1. The third kappa shape index (κ3) is 3.40. The highest BCUT2D eigenvalue weighted by Crippen LogP contribution is 2.24. The maximum atomic E-state index is 11.8. The number of carbonyl (C=O) groups excluding carboxylic acids is 1. The number of anilines is 1. The Bertz CT molecular complexity index is 424. The molecule has 2 rings (SSSR count). The van der Waals surface area contributed by atoms with Gasteiger partial charge in [-0.05, 0) is 32.9 Å². The van der Waals surface area contributed by atoms with Crippen LogP contribution in [0.5, 0.6) is 0 Å². The van der Waals surface area contributed by atoms with Crippen molar-refractivity contribution in [1.82, 2.24) is 20.2 Å². The van der Waals surface area contributed by atoms with Gasteiger partial charge in [0.15, 0.2) is 0 Å². The smallest absolute Gasteiger partial charge is 0.270 e. The van der Waals surface area contributed by atoms with Crippen LogP contribution in [0.2, 0.25) is 0 Å². The fraction of sp³-hybridized carbons (Fsp3) is 0.583. The van der Waals surface area contributed by atoms with Crippen molar-refractivity contribution in [3.63, 3.8) is 0 Å². The first kappa shape index (κ1) is 12.8. The molecular weight excluding hydrogens is 230 g/mol. The van der Waals surface area contributed by atoms with E-state index in [1.165, 1.54) is 12.8 Å². The molecule has 18 heavy (non-hydrogen) atoms. The third-order valence-corrected chi connectivity index (χ3v) is 3.02. The van der Waals surface area contributed by atoms with Crippen molar-refractivity contribution in [2.24, 2.45) is 0 Å². The lowest BCUT2D eigenvalue weighted by atomic mass is 10.3. The summed E-state index contributed by atoms with van der Waals surface area (Å²) in [6, 6.07) is 2.34. The molecule has 1 aromatic rings. The molecule has 1 saturated carbocycles. The fourth-order valence-corrected chi connectivity index (χ4v) is 1.84. The number of hydrogen-bond acceptors (Lipinski definition) is 5. The van der Waals surface area contributed by atoms with Gasteiger partial charge in [-0.25, -0.2) is 9.97 Å². The molecule has 1 fully saturated rings. The van der Waals surface area contributed by atoms with Crippen LogP contribution in [0.15, 0.2) is 6.07 Å². The Hall–Kier alpha value is -1.69. The Morgan fingerprint density at radius 3 is 2.89 bits per heavy atom. The van der Waals surface area contributed by atoms with Gasteiger partial charge in [0.2, 0.25) is 5.95 Å². The van der Waals surface area contributed by atoms with Crippen LogP contribution in [0.1, 0.15) is 29.0 Å². The number of rotatable bonds is 5. The average Bonchev–Trinajstić information content (AvgIpc) is 3.11. The molecule has 1 heterocycles. The van der Waals surface area contributed by atoms with E-state index in [1.54, 1.807) is 13.0 Å². The van der Waals surface area contributed by atoms with Gasteiger partial charge in [-0.15, -0.1) is 0 Å². The van der Waals surface area contributed by atoms with Crippen LogP contribution in [0, 0.1) is 6.92 Å². The molecule has 6 nitrogen and oxygen atoms in total. The Morgan fingerprint density at radius 1 is 1.56 bits per heavy atom. The normalized spacial score (nSPS) is 14.8. The number of aromatic nitrogens is 2. The van der Waals surface area contributed by atoms with Crippen molar-refractivity contribution in [1.29, 1.82) is 0 Å². The lowest BCUT2D eigenvalue weighted by Crippen LogP contribution is -2.34. The predicted octanol–water partition coefficient (Wildman–Crippen LogP) is 0.191. The van der Waals surface area contributed by atoms with Crippen LogP contribution in [0.4, 0.5) is 5.95 Å².